The Kier molecular flexibility index (Phi) is 5.96. The van der Waals surface area contributed by atoms with Crippen LogP contribution in [0, 0.1) is 11.6 Å². The van der Waals surface area contributed by atoms with Crippen LogP contribution in [0.1, 0.15) is 36.9 Å². The third-order valence-electron chi connectivity index (χ3n) is 4.89. The molecule has 0 aromatic heterocycles. The van der Waals surface area contributed by atoms with E-state index in [1.54, 1.807) is 0 Å². The number of ether oxygens (including phenoxy) is 1. The lowest BCUT2D eigenvalue weighted by atomic mass is 9.95. The molecule has 0 radical (unpaired) electrons. The molecule has 5 nitrogen and oxygen atoms in total. The van der Waals surface area contributed by atoms with E-state index in [4.69, 9.17) is 4.74 Å². The number of aliphatic hydroxyl groups is 1. The molecule has 1 saturated heterocycles. The van der Waals surface area contributed by atoms with E-state index in [-0.39, 0.29) is 16.9 Å². The van der Waals surface area contributed by atoms with E-state index in [0.717, 1.165) is 18.6 Å². The summed E-state index contributed by atoms with van der Waals surface area (Å²) in [5.41, 5.74) is 0.258. The number of methoxy groups -OCH3 is 1. The van der Waals surface area contributed by atoms with Gasteiger partial charge in [-0.05, 0) is 42.3 Å². The summed E-state index contributed by atoms with van der Waals surface area (Å²) < 4.78 is 32.4. The number of carbonyl (C=O) groups is 2. The highest BCUT2D eigenvalue weighted by molar-refractivity contribution is 6.46. The Labute approximate surface area is 167 Å². The molecule has 7 heteroatoms. The van der Waals surface area contributed by atoms with E-state index in [1.165, 1.54) is 42.3 Å². The molecule has 3 rings (SSSR count). The fraction of sp³-hybridized carbons (Fsp3) is 0.273. The largest absolute Gasteiger partial charge is 0.507 e. The number of unbranched alkanes of at least 4 members (excludes halogenated alkanes) is 1. The van der Waals surface area contributed by atoms with Crippen molar-refractivity contribution in [2.24, 2.45) is 0 Å². The van der Waals surface area contributed by atoms with Gasteiger partial charge in [-0.2, -0.15) is 0 Å². The van der Waals surface area contributed by atoms with Crippen molar-refractivity contribution in [1.29, 1.82) is 0 Å². The lowest BCUT2D eigenvalue weighted by molar-refractivity contribution is -0.139. The summed E-state index contributed by atoms with van der Waals surface area (Å²) in [4.78, 5) is 26.8. The smallest absolute Gasteiger partial charge is 0.295 e. The van der Waals surface area contributed by atoms with Crippen LogP contribution in [0.3, 0.4) is 0 Å². The number of benzene rings is 2. The van der Waals surface area contributed by atoms with E-state index < -0.39 is 35.1 Å². The van der Waals surface area contributed by atoms with E-state index in [2.05, 4.69) is 0 Å². The van der Waals surface area contributed by atoms with E-state index in [0.29, 0.717) is 18.5 Å². The molecule has 1 fully saturated rings. The lowest BCUT2D eigenvalue weighted by Gasteiger charge is -2.25. The summed E-state index contributed by atoms with van der Waals surface area (Å²) in [6, 6.07) is 7.97. The van der Waals surface area contributed by atoms with Crippen LogP contribution in [0.5, 0.6) is 5.75 Å². The Morgan fingerprint density at radius 1 is 1.10 bits per heavy atom. The second-order valence-corrected chi connectivity index (χ2v) is 6.74. The van der Waals surface area contributed by atoms with Gasteiger partial charge in [-0.15, -0.1) is 0 Å². The van der Waals surface area contributed by atoms with Gasteiger partial charge in [-0.1, -0.05) is 25.5 Å². The predicted octanol–water partition coefficient (Wildman–Crippen LogP) is 4.20. The Morgan fingerprint density at radius 2 is 1.76 bits per heavy atom. The minimum atomic E-state index is -0.907. The van der Waals surface area contributed by atoms with Gasteiger partial charge in [0.05, 0.1) is 24.3 Å². The lowest BCUT2D eigenvalue weighted by Crippen LogP contribution is -2.30. The van der Waals surface area contributed by atoms with Crippen molar-refractivity contribution >= 4 is 17.4 Å². The first-order chi connectivity index (χ1) is 13.9. The first-order valence-corrected chi connectivity index (χ1v) is 9.26. The molecule has 1 heterocycles. The van der Waals surface area contributed by atoms with Crippen LogP contribution in [0.2, 0.25) is 0 Å². The van der Waals surface area contributed by atoms with Crippen LogP contribution in [0.15, 0.2) is 48.0 Å². The molecular weight excluding hydrogens is 380 g/mol. The molecule has 1 aliphatic rings. The summed E-state index contributed by atoms with van der Waals surface area (Å²) in [6.07, 6.45) is 1.44. The zero-order chi connectivity index (χ0) is 21.1. The molecule has 0 bridgehead atoms. The maximum Gasteiger partial charge on any atom is 0.295 e. The highest BCUT2D eigenvalue weighted by atomic mass is 19.1. The van der Waals surface area contributed by atoms with Crippen LogP contribution < -0.4 is 4.74 Å². The minimum Gasteiger partial charge on any atom is -0.507 e. The number of likely N-dealkylation sites (tertiary alicyclic amines) is 1. The highest BCUT2D eigenvalue weighted by Crippen LogP contribution is 2.41. The van der Waals surface area contributed by atoms with Crippen molar-refractivity contribution in [1.82, 2.24) is 4.90 Å². The Morgan fingerprint density at radius 3 is 2.38 bits per heavy atom. The summed E-state index contributed by atoms with van der Waals surface area (Å²) in [7, 11) is 1.35. The first-order valence-electron chi connectivity index (χ1n) is 9.26. The van der Waals surface area contributed by atoms with E-state index in [9.17, 15) is 23.5 Å². The quantitative estimate of drug-likeness (QED) is 0.448. The third kappa shape index (κ3) is 3.85. The molecule has 29 heavy (non-hydrogen) atoms. The van der Waals surface area contributed by atoms with Gasteiger partial charge >= 0.3 is 0 Å². The van der Waals surface area contributed by atoms with Crippen LogP contribution in [0.4, 0.5) is 8.78 Å². The van der Waals surface area contributed by atoms with Crippen molar-refractivity contribution in [3.63, 3.8) is 0 Å². The van der Waals surface area contributed by atoms with E-state index >= 15 is 0 Å². The average Bonchev–Trinajstić information content (AvgIpc) is 2.97. The standard InChI is InChI=1S/C22H21F2NO4/c1-3-4-11-25-19(13-5-7-14(23)8-6-13)18(21(27)22(25)28)20(26)16-12-15(24)9-10-17(16)29-2/h5-10,12,19,26H,3-4,11H2,1-2H3/b20-18+. The van der Waals surface area contributed by atoms with Crippen molar-refractivity contribution in [2.75, 3.05) is 13.7 Å². The van der Waals surface area contributed by atoms with Crippen molar-refractivity contribution in [3.05, 3.63) is 70.8 Å². The van der Waals surface area contributed by atoms with Gasteiger partial charge in [0.25, 0.3) is 11.7 Å². The molecule has 1 atom stereocenters. The number of hydrogen-bond donors (Lipinski definition) is 1. The normalized spacial score (nSPS) is 18.3. The maximum atomic E-state index is 13.8. The molecule has 1 aliphatic heterocycles. The SMILES string of the molecule is CCCCN1C(=O)C(=O)/C(=C(/O)c2cc(F)ccc2OC)C1c1ccc(F)cc1. The van der Waals surface area contributed by atoms with Gasteiger partial charge in [0.15, 0.2) is 0 Å². The van der Waals surface area contributed by atoms with E-state index in [1.807, 2.05) is 6.92 Å². The van der Waals surface area contributed by atoms with Gasteiger partial charge in [0, 0.05) is 6.54 Å². The summed E-state index contributed by atoms with van der Waals surface area (Å²) in [6.45, 7) is 2.24. The first kappa shape index (κ1) is 20.5. The summed E-state index contributed by atoms with van der Waals surface area (Å²) in [5, 5.41) is 10.9. The van der Waals surface area contributed by atoms with Gasteiger partial charge in [0.2, 0.25) is 0 Å². The molecule has 1 unspecified atom stereocenters. The molecule has 1 N–H and O–H groups in total. The molecule has 2 aromatic rings. The number of halogens is 2. The van der Waals surface area contributed by atoms with Crippen molar-refractivity contribution < 1.29 is 28.2 Å². The van der Waals surface area contributed by atoms with Crippen LogP contribution >= 0.6 is 0 Å². The van der Waals surface area contributed by atoms with Crippen LogP contribution in [-0.2, 0) is 9.59 Å². The molecule has 152 valence electrons. The van der Waals surface area contributed by atoms with Crippen LogP contribution in [-0.4, -0.2) is 35.4 Å². The molecule has 2 aromatic carbocycles. The zero-order valence-corrected chi connectivity index (χ0v) is 16.1. The minimum absolute atomic E-state index is 0.0342. The third-order valence-corrected chi connectivity index (χ3v) is 4.89. The number of amides is 1. The van der Waals surface area contributed by atoms with Crippen molar-refractivity contribution in [2.45, 2.75) is 25.8 Å². The zero-order valence-electron chi connectivity index (χ0n) is 16.1. The fourth-order valence-electron chi connectivity index (χ4n) is 3.44. The summed E-state index contributed by atoms with van der Waals surface area (Å²) >= 11 is 0. The number of Topliss-reactive ketones (excluding diaryl/α,β-unsaturated/α-hetero) is 1. The fourth-order valence-corrected chi connectivity index (χ4v) is 3.44. The van der Waals surface area contributed by atoms with Crippen molar-refractivity contribution in [3.8, 4) is 5.75 Å². The number of aliphatic hydroxyl groups excluding tert-OH is 1. The maximum absolute atomic E-state index is 13.8. The Hall–Kier alpha value is -3.22. The number of carbonyl (C=O) groups excluding carboxylic acids is 2. The predicted molar refractivity (Wildman–Crippen MR) is 103 cm³/mol. The summed E-state index contributed by atoms with van der Waals surface area (Å²) in [5.74, 6) is -3.12. The molecule has 0 aliphatic carbocycles. The molecule has 1 amide bonds. The molecule has 0 saturated carbocycles. The second kappa shape index (κ2) is 8.43. The average molecular weight is 401 g/mol. The Bertz CT molecular complexity index is 969. The number of rotatable bonds is 6. The van der Waals surface area contributed by atoms with Gasteiger partial charge < -0.3 is 14.7 Å². The Balaban J connectivity index is 2.22. The monoisotopic (exact) mass is 401 g/mol. The molecule has 0 spiro atoms. The number of ketones is 1. The number of hydrogen-bond acceptors (Lipinski definition) is 4. The topological polar surface area (TPSA) is 66.8 Å². The van der Waals surface area contributed by atoms with Gasteiger partial charge in [-0.25, -0.2) is 8.78 Å². The second-order valence-electron chi connectivity index (χ2n) is 6.74. The molecular formula is C22H21F2NO4. The van der Waals surface area contributed by atoms with Gasteiger partial charge in [0.1, 0.15) is 23.1 Å². The number of nitrogens with zero attached hydrogens (tertiary/aromatic N) is 1. The highest BCUT2D eigenvalue weighted by Gasteiger charge is 2.46. The van der Waals surface area contributed by atoms with Gasteiger partial charge in [-0.3, -0.25) is 9.59 Å². The van der Waals surface area contributed by atoms with Crippen LogP contribution in [0.25, 0.3) is 5.76 Å².